The highest BCUT2D eigenvalue weighted by Crippen LogP contribution is 2.27. The maximum Gasteiger partial charge on any atom is 0.407 e. The summed E-state index contributed by atoms with van der Waals surface area (Å²) < 4.78 is 24.7. The third-order valence-electron chi connectivity index (χ3n) is 2.48. The Bertz CT molecular complexity index is 468. The van der Waals surface area contributed by atoms with Gasteiger partial charge in [-0.15, -0.1) is 0 Å². The Morgan fingerprint density at radius 3 is 2.67 bits per heavy atom. The van der Waals surface area contributed by atoms with Gasteiger partial charge in [0.1, 0.15) is 5.60 Å². The van der Waals surface area contributed by atoms with Crippen LogP contribution in [0.15, 0.2) is 22.7 Å². The monoisotopic (exact) mass is 361 g/mol. The summed E-state index contributed by atoms with van der Waals surface area (Å²) in [6.45, 7) is 7.53. The first-order valence-corrected chi connectivity index (χ1v) is 7.54. The number of amides is 1. The summed E-state index contributed by atoms with van der Waals surface area (Å²) in [7, 11) is 0. The number of ether oxygens (including phenoxy) is 2. The summed E-state index contributed by atoms with van der Waals surface area (Å²) in [5.41, 5.74) is -0.529. The summed E-state index contributed by atoms with van der Waals surface area (Å²) in [6.07, 6.45) is 0.0714. The molecule has 4 nitrogen and oxygen atoms in total. The summed E-state index contributed by atoms with van der Waals surface area (Å²) in [5, 5.41) is 2.71. The minimum atomic E-state index is -0.529. The lowest BCUT2D eigenvalue weighted by molar-refractivity contribution is 0.0503. The number of alkyl carbamates (subject to hydrolysis) is 1. The van der Waals surface area contributed by atoms with Gasteiger partial charge in [-0.05, 0) is 55.8 Å². The van der Waals surface area contributed by atoms with Crippen LogP contribution in [0.5, 0.6) is 5.75 Å². The van der Waals surface area contributed by atoms with Crippen LogP contribution in [-0.4, -0.2) is 24.3 Å². The van der Waals surface area contributed by atoms with E-state index >= 15 is 0 Å². The number of rotatable bonds is 5. The van der Waals surface area contributed by atoms with Gasteiger partial charge in [0.25, 0.3) is 0 Å². The molecule has 0 saturated carbocycles. The summed E-state index contributed by atoms with van der Waals surface area (Å²) in [5.74, 6) is -0.237. The molecular weight excluding hydrogens is 341 g/mol. The van der Waals surface area contributed by atoms with Crippen LogP contribution in [0.2, 0.25) is 0 Å². The fourth-order valence-corrected chi connectivity index (χ4v) is 2.00. The van der Waals surface area contributed by atoms with Crippen molar-refractivity contribution in [1.29, 1.82) is 0 Å². The van der Waals surface area contributed by atoms with Crippen molar-refractivity contribution in [3.8, 4) is 5.75 Å². The fourth-order valence-electron chi connectivity index (χ4n) is 1.54. The molecule has 1 aromatic rings. The molecule has 0 fully saturated rings. The van der Waals surface area contributed by atoms with Crippen molar-refractivity contribution in [3.63, 3.8) is 0 Å². The highest BCUT2D eigenvalue weighted by atomic mass is 79.9. The minimum absolute atomic E-state index is 0.134. The van der Waals surface area contributed by atoms with E-state index in [1.807, 2.05) is 6.92 Å². The number of carbonyl (C=O) groups excluding carboxylic acids is 1. The average Bonchev–Trinajstić information content (AvgIpc) is 2.30. The normalized spacial score (nSPS) is 12.7. The third-order valence-corrected chi connectivity index (χ3v) is 3.10. The number of hydrogen-bond donors (Lipinski definition) is 1. The summed E-state index contributed by atoms with van der Waals surface area (Å²) in [4.78, 5) is 11.6. The minimum Gasteiger partial charge on any atom is -0.489 e. The van der Waals surface area contributed by atoms with E-state index < -0.39 is 17.5 Å². The van der Waals surface area contributed by atoms with Crippen LogP contribution >= 0.6 is 15.9 Å². The van der Waals surface area contributed by atoms with Crippen LogP contribution in [0.4, 0.5) is 9.18 Å². The summed E-state index contributed by atoms with van der Waals surface area (Å²) >= 11 is 3.23. The molecule has 0 aliphatic heterocycles. The van der Waals surface area contributed by atoms with E-state index in [1.165, 1.54) is 6.07 Å². The second-order valence-electron chi connectivity index (χ2n) is 5.74. The Morgan fingerprint density at radius 1 is 1.43 bits per heavy atom. The van der Waals surface area contributed by atoms with Crippen molar-refractivity contribution in [2.45, 2.75) is 45.8 Å². The molecule has 0 spiro atoms. The Hall–Kier alpha value is -1.30. The molecule has 1 amide bonds. The van der Waals surface area contributed by atoms with Crippen LogP contribution in [0.1, 0.15) is 34.1 Å². The van der Waals surface area contributed by atoms with Gasteiger partial charge in [-0.25, -0.2) is 9.18 Å². The van der Waals surface area contributed by atoms with E-state index in [-0.39, 0.29) is 18.4 Å². The Morgan fingerprint density at radius 2 is 2.10 bits per heavy atom. The molecule has 1 rings (SSSR count). The average molecular weight is 362 g/mol. The molecule has 1 N–H and O–H groups in total. The molecule has 0 radical (unpaired) electrons. The Labute approximate surface area is 133 Å². The lowest BCUT2D eigenvalue weighted by Crippen LogP contribution is -2.38. The maximum absolute atomic E-state index is 13.5. The van der Waals surface area contributed by atoms with Crippen molar-refractivity contribution >= 4 is 22.0 Å². The maximum atomic E-state index is 13.5. The molecule has 1 atom stereocenters. The first-order valence-electron chi connectivity index (χ1n) is 6.75. The van der Waals surface area contributed by atoms with Crippen molar-refractivity contribution in [1.82, 2.24) is 5.32 Å². The summed E-state index contributed by atoms with van der Waals surface area (Å²) in [6, 6.07) is 4.51. The molecule has 0 heterocycles. The second-order valence-corrected chi connectivity index (χ2v) is 6.59. The SMILES string of the molecule is C[C@@H](CCOc1c(F)cccc1Br)NC(=O)OC(C)(C)C. The first-order chi connectivity index (χ1) is 9.69. The van der Waals surface area contributed by atoms with Gasteiger partial charge in [0.05, 0.1) is 11.1 Å². The van der Waals surface area contributed by atoms with Gasteiger partial charge < -0.3 is 14.8 Å². The van der Waals surface area contributed by atoms with E-state index in [1.54, 1.807) is 32.9 Å². The van der Waals surface area contributed by atoms with Crippen molar-refractivity contribution in [2.75, 3.05) is 6.61 Å². The Kier molecular flexibility index (Phi) is 6.45. The number of benzene rings is 1. The van der Waals surface area contributed by atoms with E-state index in [0.717, 1.165) is 0 Å². The standard InChI is InChI=1S/C15H21BrFNO3/c1-10(18-14(19)21-15(2,3)4)8-9-20-13-11(16)6-5-7-12(13)17/h5-7,10H,8-9H2,1-4H3,(H,18,19)/t10-/m0/s1. The van der Waals surface area contributed by atoms with Gasteiger partial charge in [-0.3, -0.25) is 0 Å². The molecule has 0 aliphatic carbocycles. The van der Waals surface area contributed by atoms with Crippen molar-refractivity contribution in [3.05, 3.63) is 28.5 Å². The number of para-hydroxylation sites is 1. The van der Waals surface area contributed by atoms with E-state index in [4.69, 9.17) is 9.47 Å². The smallest absolute Gasteiger partial charge is 0.407 e. The predicted octanol–water partition coefficient (Wildman–Crippen LogP) is 4.27. The number of carbonyl (C=O) groups is 1. The van der Waals surface area contributed by atoms with E-state index in [0.29, 0.717) is 10.9 Å². The molecule has 0 bridgehead atoms. The fraction of sp³-hybridized carbons (Fsp3) is 0.533. The molecule has 0 saturated heterocycles. The molecule has 21 heavy (non-hydrogen) atoms. The highest BCUT2D eigenvalue weighted by molar-refractivity contribution is 9.10. The molecule has 0 unspecified atom stereocenters. The van der Waals surface area contributed by atoms with Gasteiger partial charge in [-0.2, -0.15) is 0 Å². The second kappa shape index (κ2) is 7.64. The van der Waals surface area contributed by atoms with Gasteiger partial charge in [-0.1, -0.05) is 6.07 Å². The van der Waals surface area contributed by atoms with E-state index in [2.05, 4.69) is 21.2 Å². The number of halogens is 2. The largest absolute Gasteiger partial charge is 0.489 e. The van der Waals surface area contributed by atoms with Crippen LogP contribution in [0.25, 0.3) is 0 Å². The van der Waals surface area contributed by atoms with Gasteiger partial charge in [0.15, 0.2) is 11.6 Å². The van der Waals surface area contributed by atoms with Crippen LogP contribution < -0.4 is 10.1 Å². The zero-order chi connectivity index (χ0) is 16.0. The first kappa shape index (κ1) is 17.8. The molecule has 0 aromatic heterocycles. The lowest BCUT2D eigenvalue weighted by Gasteiger charge is -2.22. The van der Waals surface area contributed by atoms with E-state index in [9.17, 15) is 9.18 Å². The zero-order valence-electron chi connectivity index (χ0n) is 12.7. The molecule has 0 aliphatic rings. The Balaban J connectivity index is 2.37. The zero-order valence-corrected chi connectivity index (χ0v) is 14.3. The third kappa shape index (κ3) is 6.80. The van der Waals surface area contributed by atoms with Crippen LogP contribution in [0, 0.1) is 5.82 Å². The lowest BCUT2D eigenvalue weighted by atomic mass is 10.2. The predicted molar refractivity (Wildman–Crippen MR) is 83.0 cm³/mol. The number of hydrogen-bond acceptors (Lipinski definition) is 3. The van der Waals surface area contributed by atoms with Crippen molar-refractivity contribution in [2.24, 2.45) is 0 Å². The number of nitrogens with one attached hydrogen (secondary N) is 1. The topological polar surface area (TPSA) is 47.6 Å². The van der Waals surface area contributed by atoms with Gasteiger partial charge in [0.2, 0.25) is 0 Å². The molecule has 6 heteroatoms. The van der Waals surface area contributed by atoms with Gasteiger partial charge >= 0.3 is 6.09 Å². The quantitative estimate of drug-likeness (QED) is 0.851. The molecule has 118 valence electrons. The molecular formula is C15H21BrFNO3. The van der Waals surface area contributed by atoms with Gasteiger partial charge in [0, 0.05) is 12.5 Å². The highest BCUT2D eigenvalue weighted by Gasteiger charge is 2.17. The van der Waals surface area contributed by atoms with Crippen LogP contribution in [-0.2, 0) is 4.74 Å². The van der Waals surface area contributed by atoms with Crippen molar-refractivity contribution < 1.29 is 18.7 Å². The van der Waals surface area contributed by atoms with Crippen LogP contribution in [0.3, 0.4) is 0 Å². The molecule has 1 aromatic carbocycles.